The molecule has 0 radical (unpaired) electrons. The van der Waals surface area contributed by atoms with Crippen molar-refractivity contribution in [1.82, 2.24) is 9.55 Å². The van der Waals surface area contributed by atoms with Crippen molar-refractivity contribution in [2.75, 3.05) is 5.32 Å². The predicted octanol–water partition coefficient (Wildman–Crippen LogP) is 8.00. The number of rotatable bonds is 7. The highest BCUT2D eigenvalue weighted by Gasteiger charge is 2.37. The molecule has 0 saturated heterocycles. The Labute approximate surface area is 234 Å². The molecule has 0 unspecified atom stereocenters. The quantitative estimate of drug-likeness (QED) is 0.275. The number of benzene rings is 1. The molecule has 224 valence electrons. The van der Waals surface area contributed by atoms with Gasteiger partial charge in [-0.15, -0.1) is 13.2 Å². The van der Waals surface area contributed by atoms with Crippen LogP contribution >= 0.6 is 0 Å². The van der Waals surface area contributed by atoms with E-state index in [4.69, 9.17) is 4.74 Å². The molecular formula is C29H34F5N3O4. The first-order chi connectivity index (χ1) is 18.7. The maximum absolute atomic E-state index is 16.5. The molecule has 7 nitrogen and oxygen atoms in total. The second-order valence-corrected chi connectivity index (χ2v) is 12.3. The molecule has 0 aliphatic heterocycles. The molecule has 4 rings (SSSR count). The fourth-order valence-electron chi connectivity index (χ4n) is 4.77. The van der Waals surface area contributed by atoms with Crippen LogP contribution in [-0.4, -0.2) is 38.3 Å². The minimum atomic E-state index is -5.30. The first kappa shape index (κ1) is 30.5. The minimum absolute atomic E-state index is 0.0718. The number of pyridine rings is 1. The largest absolute Gasteiger partial charge is 0.573 e. The molecule has 0 spiro atoms. The predicted molar refractivity (Wildman–Crippen MR) is 144 cm³/mol. The fraction of sp³-hybridized carbons (Fsp3) is 0.517. The van der Waals surface area contributed by atoms with Gasteiger partial charge in [-0.05, 0) is 65.5 Å². The lowest BCUT2D eigenvalue weighted by Crippen LogP contribution is -2.27. The monoisotopic (exact) mass is 583 g/mol. The molecule has 2 N–H and O–H groups in total. The number of hydrogen-bond donors (Lipinski definition) is 2. The van der Waals surface area contributed by atoms with Gasteiger partial charge in [0.15, 0.2) is 17.4 Å². The van der Waals surface area contributed by atoms with Gasteiger partial charge in [-0.1, -0.05) is 13.8 Å². The number of aliphatic hydroxyl groups is 1. The number of carbonyl (C=O) groups is 1. The van der Waals surface area contributed by atoms with Crippen molar-refractivity contribution < 1.29 is 41.3 Å². The maximum Gasteiger partial charge on any atom is 0.573 e. The van der Waals surface area contributed by atoms with Gasteiger partial charge in [0.2, 0.25) is 0 Å². The van der Waals surface area contributed by atoms with Crippen molar-refractivity contribution in [2.24, 2.45) is 0 Å². The summed E-state index contributed by atoms with van der Waals surface area (Å²) in [7, 11) is 0. The van der Waals surface area contributed by atoms with Crippen LogP contribution in [0.15, 0.2) is 18.2 Å². The number of nitrogens with zero attached hydrogens (tertiary/aromatic N) is 2. The van der Waals surface area contributed by atoms with E-state index in [2.05, 4.69) is 15.0 Å². The standard InChI is InChI=1S/C29H34F5N3O4/c1-14(2)22-18-12-17(13-28(6,7)39)37(16-8-9-16)24(18)21(31)23(36-22)19-10-15(35-26(38)41-27(3,4)5)11-20(30)25(19)40-29(32,33)34/h10-12,14,16,39H,8-9,13H2,1-7H3,(H,35,38). The highest BCUT2D eigenvalue weighted by Crippen LogP contribution is 2.46. The second-order valence-electron chi connectivity index (χ2n) is 12.3. The normalized spacial score (nSPS) is 14.6. The van der Waals surface area contributed by atoms with Crippen molar-refractivity contribution >= 4 is 22.7 Å². The van der Waals surface area contributed by atoms with Crippen molar-refractivity contribution in [3.05, 3.63) is 41.2 Å². The lowest BCUT2D eigenvalue weighted by Gasteiger charge is -2.21. The molecule has 1 fully saturated rings. The number of alkyl halides is 3. The smallest absolute Gasteiger partial charge is 0.444 e. The molecular weight excluding hydrogens is 549 g/mol. The molecule has 1 amide bonds. The third-order valence-electron chi connectivity index (χ3n) is 6.27. The molecule has 0 bridgehead atoms. The van der Waals surface area contributed by atoms with Gasteiger partial charge in [0.25, 0.3) is 0 Å². The Kier molecular flexibility index (Phi) is 7.79. The van der Waals surface area contributed by atoms with E-state index in [1.54, 1.807) is 59.1 Å². The molecule has 2 heterocycles. The summed E-state index contributed by atoms with van der Waals surface area (Å²) in [4.78, 5) is 16.8. The number of ether oxygens (including phenoxy) is 2. The molecule has 3 aromatic rings. The number of aromatic nitrogens is 2. The third-order valence-corrected chi connectivity index (χ3v) is 6.27. The van der Waals surface area contributed by atoms with Gasteiger partial charge in [0.05, 0.1) is 22.4 Å². The number of carbonyl (C=O) groups excluding carboxylic acids is 1. The van der Waals surface area contributed by atoms with Crippen LogP contribution in [0.25, 0.3) is 22.2 Å². The van der Waals surface area contributed by atoms with Crippen LogP contribution in [0.2, 0.25) is 0 Å². The van der Waals surface area contributed by atoms with Crippen LogP contribution in [-0.2, 0) is 11.2 Å². The number of amides is 1. The average molecular weight is 584 g/mol. The highest BCUT2D eigenvalue weighted by molar-refractivity contribution is 5.91. The molecule has 1 aliphatic carbocycles. The van der Waals surface area contributed by atoms with E-state index in [-0.39, 0.29) is 29.6 Å². The molecule has 1 saturated carbocycles. The van der Waals surface area contributed by atoms with Gasteiger partial charge in [0.1, 0.15) is 11.3 Å². The third kappa shape index (κ3) is 7.09. The van der Waals surface area contributed by atoms with Crippen molar-refractivity contribution in [3.8, 4) is 17.0 Å². The Morgan fingerprint density at radius 2 is 1.76 bits per heavy atom. The molecule has 0 atom stereocenters. The van der Waals surface area contributed by atoms with Crippen LogP contribution < -0.4 is 10.1 Å². The van der Waals surface area contributed by atoms with E-state index < -0.39 is 52.3 Å². The van der Waals surface area contributed by atoms with Crippen LogP contribution in [0.1, 0.15) is 84.7 Å². The number of anilines is 1. The molecule has 41 heavy (non-hydrogen) atoms. The molecule has 1 aliphatic rings. The summed E-state index contributed by atoms with van der Waals surface area (Å²) >= 11 is 0. The average Bonchev–Trinajstić information content (AvgIpc) is 3.53. The zero-order valence-corrected chi connectivity index (χ0v) is 24.0. The number of halogens is 5. The van der Waals surface area contributed by atoms with Crippen LogP contribution in [0, 0.1) is 11.6 Å². The lowest BCUT2D eigenvalue weighted by molar-refractivity contribution is -0.275. The number of nitrogens with one attached hydrogen (secondary N) is 1. The van der Waals surface area contributed by atoms with Crippen LogP contribution in [0.5, 0.6) is 5.75 Å². The zero-order chi connectivity index (χ0) is 30.7. The Balaban J connectivity index is 2.00. The molecule has 2 aromatic heterocycles. The first-order valence-corrected chi connectivity index (χ1v) is 13.3. The minimum Gasteiger partial charge on any atom is -0.444 e. The van der Waals surface area contributed by atoms with Gasteiger partial charge in [-0.2, -0.15) is 0 Å². The topological polar surface area (TPSA) is 85.6 Å². The summed E-state index contributed by atoms with van der Waals surface area (Å²) in [5.74, 6) is -4.05. The first-order valence-electron chi connectivity index (χ1n) is 13.3. The van der Waals surface area contributed by atoms with Gasteiger partial charge in [-0.25, -0.2) is 18.6 Å². The van der Waals surface area contributed by atoms with Gasteiger partial charge >= 0.3 is 12.5 Å². The zero-order valence-electron chi connectivity index (χ0n) is 24.0. The summed E-state index contributed by atoms with van der Waals surface area (Å²) in [5.41, 5.74) is -2.40. The van der Waals surface area contributed by atoms with Crippen molar-refractivity contribution in [3.63, 3.8) is 0 Å². The molecule has 12 heteroatoms. The van der Waals surface area contributed by atoms with Crippen molar-refractivity contribution in [1.29, 1.82) is 0 Å². The Morgan fingerprint density at radius 1 is 1.12 bits per heavy atom. The van der Waals surface area contributed by atoms with Crippen LogP contribution in [0.3, 0.4) is 0 Å². The van der Waals surface area contributed by atoms with Crippen molar-refractivity contribution in [2.45, 2.75) is 97.3 Å². The SMILES string of the molecule is CC(C)c1nc(-c2cc(NC(=O)OC(C)(C)C)cc(F)c2OC(F)(F)F)c(F)c2c1cc(CC(C)(C)O)n2C1CC1. The number of fused-ring (bicyclic) bond motifs is 1. The van der Waals surface area contributed by atoms with E-state index in [1.807, 2.05) is 0 Å². The Morgan fingerprint density at radius 3 is 2.27 bits per heavy atom. The summed E-state index contributed by atoms with van der Waals surface area (Å²) < 4.78 is 82.9. The van der Waals surface area contributed by atoms with Gasteiger partial charge in [-0.3, -0.25) is 5.32 Å². The van der Waals surface area contributed by atoms with E-state index in [0.717, 1.165) is 18.9 Å². The number of hydrogen-bond acceptors (Lipinski definition) is 5. The fourth-order valence-corrected chi connectivity index (χ4v) is 4.77. The Bertz CT molecular complexity index is 1480. The maximum atomic E-state index is 16.5. The van der Waals surface area contributed by atoms with Gasteiger partial charge in [0, 0.05) is 35.3 Å². The summed E-state index contributed by atoms with van der Waals surface area (Å²) in [6, 6.07) is 3.27. The lowest BCUT2D eigenvalue weighted by atomic mass is 10.0. The summed E-state index contributed by atoms with van der Waals surface area (Å²) in [6.07, 6.45) is -4.59. The van der Waals surface area contributed by atoms with Gasteiger partial charge < -0.3 is 19.1 Å². The second kappa shape index (κ2) is 10.5. The Hall–Kier alpha value is -3.41. The summed E-state index contributed by atoms with van der Waals surface area (Å²) in [5, 5.41) is 13.3. The van der Waals surface area contributed by atoms with E-state index in [0.29, 0.717) is 22.8 Å². The molecule has 1 aromatic carbocycles. The summed E-state index contributed by atoms with van der Waals surface area (Å²) in [6.45, 7) is 11.6. The van der Waals surface area contributed by atoms with Crippen LogP contribution in [0.4, 0.5) is 32.4 Å². The highest BCUT2D eigenvalue weighted by atomic mass is 19.4. The van der Waals surface area contributed by atoms with E-state index in [9.17, 15) is 23.1 Å². The van der Waals surface area contributed by atoms with E-state index >= 15 is 8.78 Å². The van der Waals surface area contributed by atoms with E-state index in [1.165, 1.54) is 0 Å².